The number of imide groups is 1. The van der Waals surface area contributed by atoms with Crippen LogP contribution >= 0.6 is 0 Å². The molecule has 0 aliphatic carbocycles. The normalized spacial score (nSPS) is 23.1. The van der Waals surface area contributed by atoms with Crippen molar-refractivity contribution in [1.29, 1.82) is 5.26 Å². The molecule has 11 heteroatoms. The van der Waals surface area contributed by atoms with Crippen LogP contribution in [0.4, 0.5) is 23.7 Å². The molecule has 0 radical (unpaired) electrons. The number of amides is 4. The Bertz CT molecular complexity index is 1290. The first-order valence-corrected chi connectivity index (χ1v) is 10.8. The Balaban J connectivity index is 1.40. The first-order valence-electron chi connectivity index (χ1n) is 10.8. The fourth-order valence-electron chi connectivity index (χ4n) is 5.24. The molecule has 4 amide bonds. The number of carbonyl (C=O) groups excluding carboxylic acids is 3. The van der Waals surface area contributed by atoms with Gasteiger partial charge in [-0.3, -0.25) is 9.59 Å². The Labute approximate surface area is 198 Å². The average Bonchev–Trinajstić information content (AvgIpc) is 3.49. The molecule has 3 aliphatic heterocycles. The number of alkyl halides is 3. The maximum atomic E-state index is 13.4. The first kappa shape index (κ1) is 22.7. The van der Waals surface area contributed by atoms with Crippen LogP contribution in [0.25, 0.3) is 0 Å². The van der Waals surface area contributed by atoms with Crippen molar-refractivity contribution in [1.82, 2.24) is 9.80 Å². The zero-order valence-electron chi connectivity index (χ0n) is 18.5. The van der Waals surface area contributed by atoms with Crippen LogP contribution in [0.5, 0.6) is 5.75 Å². The van der Waals surface area contributed by atoms with Gasteiger partial charge in [0, 0.05) is 6.54 Å². The molecule has 8 nitrogen and oxygen atoms in total. The van der Waals surface area contributed by atoms with Gasteiger partial charge in [0.1, 0.15) is 11.8 Å². The predicted molar refractivity (Wildman–Crippen MR) is 115 cm³/mol. The fourth-order valence-corrected chi connectivity index (χ4v) is 5.24. The van der Waals surface area contributed by atoms with E-state index in [1.54, 1.807) is 29.2 Å². The third-order valence-electron chi connectivity index (χ3n) is 6.76. The Morgan fingerprint density at radius 1 is 1.20 bits per heavy atom. The number of hydrogen-bond acceptors (Lipinski definition) is 5. The molecule has 2 bridgehead atoms. The molecule has 3 atom stereocenters. The quantitative estimate of drug-likeness (QED) is 0.622. The highest BCUT2D eigenvalue weighted by molar-refractivity contribution is 6.22. The number of rotatable bonds is 4. The predicted octanol–water partition coefficient (Wildman–Crippen LogP) is 2.95. The van der Waals surface area contributed by atoms with Crippen molar-refractivity contribution < 1.29 is 32.3 Å². The van der Waals surface area contributed by atoms with Gasteiger partial charge in [0.15, 0.2) is 0 Å². The third kappa shape index (κ3) is 3.56. The molecule has 3 fully saturated rings. The molecule has 3 saturated heterocycles. The van der Waals surface area contributed by atoms with E-state index < -0.39 is 47.4 Å². The number of nitriles is 1. The molecule has 2 aromatic rings. The van der Waals surface area contributed by atoms with Crippen LogP contribution in [-0.4, -0.2) is 59.4 Å². The van der Waals surface area contributed by atoms with Crippen LogP contribution in [-0.2, 0) is 22.2 Å². The van der Waals surface area contributed by atoms with Gasteiger partial charge < -0.3 is 14.5 Å². The molecule has 5 rings (SSSR count). The van der Waals surface area contributed by atoms with E-state index in [9.17, 15) is 27.6 Å². The molecular formula is C24H19F3N4O4. The molecular weight excluding hydrogens is 465 g/mol. The number of fused-ring (bicyclic) bond motifs is 5. The van der Waals surface area contributed by atoms with Crippen LogP contribution < -0.4 is 9.64 Å². The summed E-state index contributed by atoms with van der Waals surface area (Å²) in [5.74, 6) is -0.279. The van der Waals surface area contributed by atoms with Crippen molar-refractivity contribution in [3.63, 3.8) is 0 Å². The van der Waals surface area contributed by atoms with E-state index in [4.69, 9.17) is 10.00 Å². The lowest BCUT2D eigenvalue weighted by Crippen LogP contribution is -2.55. The third-order valence-corrected chi connectivity index (χ3v) is 6.76. The van der Waals surface area contributed by atoms with Crippen LogP contribution in [0.15, 0.2) is 42.5 Å². The number of piperazine rings is 1. The Morgan fingerprint density at radius 2 is 1.97 bits per heavy atom. The fraction of sp³-hybridized carbons (Fsp3) is 0.333. The smallest absolute Gasteiger partial charge is 0.417 e. The van der Waals surface area contributed by atoms with Crippen LogP contribution in [0, 0.1) is 11.3 Å². The Kier molecular flexibility index (Phi) is 5.20. The maximum absolute atomic E-state index is 13.4. The van der Waals surface area contributed by atoms with Gasteiger partial charge in [0.2, 0.25) is 5.91 Å². The minimum absolute atomic E-state index is 0.0869. The van der Waals surface area contributed by atoms with Crippen molar-refractivity contribution in [3.8, 4) is 11.8 Å². The SMILES string of the molecule is COc1cccc(CC(=O)N2CC3CC2[C@H]2C(=O)N(c4ccc(C#N)c(C(F)(F)F)c4)C(=O)N32)c1. The number of carbonyl (C=O) groups is 3. The summed E-state index contributed by atoms with van der Waals surface area (Å²) in [5, 5.41) is 9.02. The van der Waals surface area contributed by atoms with Crippen LogP contribution in [0.2, 0.25) is 0 Å². The van der Waals surface area contributed by atoms with Gasteiger partial charge in [-0.1, -0.05) is 12.1 Å². The second-order valence-electron chi connectivity index (χ2n) is 8.68. The van der Waals surface area contributed by atoms with Crippen molar-refractivity contribution in [2.75, 3.05) is 18.6 Å². The molecule has 0 spiro atoms. The highest BCUT2D eigenvalue weighted by Crippen LogP contribution is 2.43. The van der Waals surface area contributed by atoms with Gasteiger partial charge in [0.05, 0.1) is 48.5 Å². The number of nitrogens with zero attached hydrogens (tertiary/aromatic N) is 4. The minimum Gasteiger partial charge on any atom is -0.497 e. The number of benzene rings is 2. The number of methoxy groups -OCH3 is 1. The van der Waals surface area contributed by atoms with Crippen molar-refractivity contribution in [2.45, 2.75) is 37.1 Å². The van der Waals surface area contributed by atoms with Gasteiger partial charge in [-0.05, 0) is 42.3 Å². The lowest BCUT2D eigenvalue weighted by molar-refractivity contribution is -0.138. The van der Waals surface area contributed by atoms with Gasteiger partial charge in [-0.15, -0.1) is 0 Å². The second-order valence-corrected chi connectivity index (χ2v) is 8.68. The molecule has 3 aliphatic rings. The number of urea groups is 1. The summed E-state index contributed by atoms with van der Waals surface area (Å²) in [7, 11) is 1.52. The summed E-state index contributed by atoms with van der Waals surface area (Å²) in [6.07, 6.45) is -4.31. The van der Waals surface area contributed by atoms with E-state index >= 15 is 0 Å². The average molecular weight is 484 g/mol. The van der Waals surface area contributed by atoms with Crippen molar-refractivity contribution in [3.05, 3.63) is 59.2 Å². The summed E-state index contributed by atoms with van der Waals surface area (Å²) in [4.78, 5) is 43.1. The molecule has 0 N–H and O–H groups in total. The standard InChI is InChI=1S/C24H19F3N4O4/c1-35-17-4-2-3-13(7-17)8-20(32)29-12-16-10-19(29)21-22(33)31(23(34)30(16)21)15-6-5-14(11-28)18(9-15)24(25,26)27/h2-7,9,16,19,21H,8,10,12H2,1H3/t16?,19?,21-/m0/s1. The summed E-state index contributed by atoms with van der Waals surface area (Å²) in [6.45, 7) is 0.248. The van der Waals surface area contributed by atoms with Gasteiger partial charge >= 0.3 is 12.2 Å². The number of likely N-dealkylation sites (tertiary alicyclic amines) is 1. The summed E-state index contributed by atoms with van der Waals surface area (Å²) >= 11 is 0. The highest BCUT2D eigenvalue weighted by Gasteiger charge is 2.62. The molecule has 3 heterocycles. The zero-order chi connectivity index (χ0) is 25.1. The maximum Gasteiger partial charge on any atom is 0.417 e. The van der Waals surface area contributed by atoms with Crippen molar-refractivity contribution in [2.24, 2.45) is 0 Å². The monoisotopic (exact) mass is 484 g/mol. The Hall–Kier alpha value is -4.07. The highest BCUT2D eigenvalue weighted by atomic mass is 19.4. The summed E-state index contributed by atoms with van der Waals surface area (Å²) in [6, 6.07) is 8.65. The molecule has 2 aromatic carbocycles. The van der Waals surface area contributed by atoms with Gasteiger partial charge in [0.25, 0.3) is 5.91 Å². The van der Waals surface area contributed by atoms with E-state index in [1.807, 2.05) is 0 Å². The first-order chi connectivity index (χ1) is 16.6. The lowest BCUT2D eigenvalue weighted by Gasteiger charge is -2.35. The van der Waals surface area contributed by atoms with E-state index in [2.05, 4.69) is 0 Å². The lowest BCUT2D eigenvalue weighted by atomic mass is 10.0. The number of hydrogen-bond donors (Lipinski definition) is 0. The number of halogens is 3. The Morgan fingerprint density at radius 3 is 2.66 bits per heavy atom. The summed E-state index contributed by atoms with van der Waals surface area (Å²) in [5.41, 5.74) is -1.34. The summed E-state index contributed by atoms with van der Waals surface area (Å²) < 4.78 is 45.5. The van der Waals surface area contributed by atoms with Crippen molar-refractivity contribution >= 4 is 23.5 Å². The van der Waals surface area contributed by atoms with Crippen LogP contribution in [0.1, 0.15) is 23.1 Å². The van der Waals surface area contributed by atoms with E-state index in [1.165, 1.54) is 18.1 Å². The zero-order valence-corrected chi connectivity index (χ0v) is 18.5. The topological polar surface area (TPSA) is 94.0 Å². The molecule has 0 saturated carbocycles. The molecule has 180 valence electrons. The number of anilines is 1. The largest absolute Gasteiger partial charge is 0.497 e. The second kappa shape index (κ2) is 8.01. The minimum atomic E-state index is -4.83. The van der Waals surface area contributed by atoms with E-state index in [0.29, 0.717) is 18.2 Å². The molecule has 35 heavy (non-hydrogen) atoms. The number of ether oxygens (including phenoxy) is 1. The van der Waals surface area contributed by atoms with Crippen LogP contribution in [0.3, 0.4) is 0 Å². The molecule has 2 unspecified atom stereocenters. The van der Waals surface area contributed by atoms with Gasteiger partial charge in [-0.2, -0.15) is 18.4 Å². The van der Waals surface area contributed by atoms with Gasteiger partial charge in [-0.25, -0.2) is 9.69 Å². The van der Waals surface area contributed by atoms with E-state index in [0.717, 1.165) is 22.6 Å². The molecule has 0 aromatic heterocycles. The van der Waals surface area contributed by atoms with E-state index in [-0.39, 0.29) is 24.6 Å².